The van der Waals surface area contributed by atoms with Gasteiger partial charge in [-0.1, -0.05) is 55.4 Å². The number of amides is 7. The van der Waals surface area contributed by atoms with E-state index in [0.717, 1.165) is 0 Å². The van der Waals surface area contributed by atoms with Gasteiger partial charge < -0.3 is 64.6 Å². The highest BCUT2D eigenvalue weighted by Gasteiger charge is 2.35. The van der Waals surface area contributed by atoms with Crippen molar-refractivity contribution in [3.05, 3.63) is 0 Å². The predicted octanol–water partition coefficient (Wildman–Crippen LogP) is -2.81. The molecule has 0 aliphatic heterocycles. The van der Waals surface area contributed by atoms with E-state index in [4.69, 9.17) is 17.2 Å². The van der Waals surface area contributed by atoms with Gasteiger partial charge in [-0.15, -0.1) is 0 Å². The van der Waals surface area contributed by atoms with Crippen molar-refractivity contribution >= 4 is 65.9 Å². The first-order chi connectivity index (χ1) is 27.4. The Hall–Kier alpha value is -4.70. The highest BCUT2D eigenvalue weighted by Crippen LogP contribution is 2.11. The molecule has 0 aliphatic rings. The Balaban J connectivity index is 5.96. The summed E-state index contributed by atoms with van der Waals surface area (Å²) in [6.07, 6.45) is 0.442. The normalized spacial score (nSPS) is 15.4. The molecule has 0 aromatic carbocycles. The average molecular weight is 860 g/mol. The molecule has 0 radical (unpaired) electrons. The number of aliphatic hydroxyl groups is 1. The fraction of sp³-hybridized carbons (Fsp3) is 0.757. The van der Waals surface area contributed by atoms with Crippen molar-refractivity contribution in [3.8, 4) is 0 Å². The minimum atomic E-state index is -1.58. The number of guanidine groups is 1. The number of aliphatic imine (C=N–C) groups is 1. The second-order valence-corrected chi connectivity index (χ2v) is 16.3. The van der Waals surface area contributed by atoms with Crippen LogP contribution in [0.5, 0.6) is 0 Å². The van der Waals surface area contributed by atoms with E-state index >= 15 is 0 Å². The minimum absolute atomic E-state index is 0.0149. The standard InChI is InChI=1S/C37H69N11O10S/c1-17(2)13-24(44-29(50)21(9)42-34(55)27(19(5)6)47-30(51)22(38)16-59)31(52)45-25(14-18(3)4)32(53)46-26(15-49)33(54)48-28(20(7)8)35(56)43-23(36(57)58)11-10-12-41-37(39)40/h17-28,49,59H,10-16,38H2,1-9H3,(H,42,55)(H,43,56)(H,44,50)(H,45,52)(H,46,53)(H,47,51)(H,48,54)(H,57,58)(H4,39,40,41)/t21-,22-,23-,24-,25-,26-,27-,28-/m0/s1. The number of nitrogens with one attached hydrogen (secondary N) is 7. The molecular weight excluding hydrogens is 791 g/mol. The molecule has 8 atom stereocenters. The summed E-state index contributed by atoms with van der Waals surface area (Å²) in [6, 6.07) is -9.70. The zero-order valence-electron chi connectivity index (χ0n) is 35.7. The Morgan fingerprint density at radius 2 is 0.983 bits per heavy atom. The second-order valence-electron chi connectivity index (χ2n) is 16.0. The summed E-state index contributed by atoms with van der Waals surface area (Å²) in [4.78, 5) is 108. The molecule has 0 saturated carbocycles. The number of carboxylic acids is 1. The van der Waals surface area contributed by atoms with Crippen LogP contribution in [0.1, 0.15) is 88.0 Å². The molecule has 0 aromatic heterocycles. The van der Waals surface area contributed by atoms with Crippen molar-refractivity contribution in [2.75, 3.05) is 18.9 Å². The first-order valence-electron chi connectivity index (χ1n) is 19.7. The molecule has 0 unspecified atom stereocenters. The molecule has 0 spiro atoms. The number of carbonyl (C=O) groups is 8. The molecule has 0 saturated heterocycles. The molecular formula is C37H69N11O10S. The Bertz CT molecular complexity index is 1460. The topological polar surface area (TPSA) is 352 Å². The van der Waals surface area contributed by atoms with Crippen molar-refractivity contribution in [2.24, 2.45) is 45.9 Å². The van der Waals surface area contributed by atoms with Gasteiger partial charge in [0.05, 0.1) is 12.6 Å². The lowest BCUT2D eigenvalue weighted by Crippen LogP contribution is -2.61. The number of nitrogens with two attached hydrogens (primary N) is 3. The van der Waals surface area contributed by atoms with Crippen LogP contribution in [0.4, 0.5) is 0 Å². The molecule has 0 aromatic rings. The Labute approximate surface area is 352 Å². The maximum absolute atomic E-state index is 13.7. The van der Waals surface area contributed by atoms with E-state index in [1.165, 1.54) is 6.92 Å². The van der Waals surface area contributed by atoms with Gasteiger partial charge in [0, 0.05) is 12.3 Å². The number of carbonyl (C=O) groups excluding carboxylic acids is 7. The average Bonchev–Trinajstić information content (AvgIpc) is 3.13. The zero-order valence-corrected chi connectivity index (χ0v) is 36.6. The molecule has 0 aliphatic carbocycles. The lowest BCUT2D eigenvalue weighted by atomic mass is 9.99. The minimum Gasteiger partial charge on any atom is -0.480 e. The second kappa shape index (κ2) is 27.1. The number of carboxylic acid groups (broad SMARTS) is 1. The lowest BCUT2D eigenvalue weighted by molar-refractivity contribution is -0.143. The SMILES string of the molecule is CC(C)C[C@H](NC(=O)[C@H](C)NC(=O)[C@@H](NC(=O)[C@@H](N)CS)C(C)C)C(=O)N[C@@H](CC(C)C)C(=O)N[C@@H](CO)C(=O)N[C@H](C(=O)N[C@@H](CCCN=C(N)N)C(=O)O)C(C)C. The van der Waals surface area contributed by atoms with Crippen LogP contribution in [0.25, 0.3) is 0 Å². The molecule has 21 nitrogen and oxygen atoms in total. The summed E-state index contributed by atoms with van der Waals surface area (Å²) in [7, 11) is 0. The maximum atomic E-state index is 13.7. The highest BCUT2D eigenvalue weighted by atomic mass is 32.1. The van der Waals surface area contributed by atoms with E-state index in [1.807, 2.05) is 13.8 Å². The van der Waals surface area contributed by atoms with Gasteiger partial charge in [-0.05, 0) is 56.3 Å². The summed E-state index contributed by atoms with van der Waals surface area (Å²) in [6.45, 7) is 14.4. The lowest BCUT2D eigenvalue weighted by Gasteiger charge is -2.28. The summed E-state index contributed by atoms with van der Waals surface area (Å²) in [5.41, 5.74) is 16.3. The number of aliphatic hydroxyl groups excluding tert-OH is 1. The zero-order chi connectivity index (χ0) is 45.7. The summed E-state index contributed by atoms with van der Waals surface area (Å²) in [5, 5.41) is 37.4. The maximum Gasteiger partial charge on any atom is 0.326 e. The van der Waals surface area contributed by atoms with Crippen LogP contribution >= 0.6 is 12.6 Å². The molecule has 0 bridgehead atoms. The van der Waals surface area contributed by atoms with Gasteiger partial charge in [0.1, 0.15) is 42.3 Å². The number of aliphatic carboxylic acids is 1. The van der Waals surface area contributed by atoms with Crippen molar-refractivity contribution < 1.29 is 48.6 Å². The van der Waals surface area contributed by atoms with Crippen molar-refractivity contribution in [1.82, 2.24) is 37.2 Å². The molecule has 0 rings (SSSR count). The third kappa shape index (κ3) is 20.7. The molecule has 59 heavy (non-hydrogen) atoms. The summed E-state index contributed by atoms with van der Waals surface area (Å²) in [5.74, 6) is -7.92. The largest absolute Gasteiger partial charge is 0.480 e. The van der Waals surface area contributed by atoms with Gasteiger partial charge in [-0.2, -0.15) is 12.6 Å². The first kappa shape index (κ1) is 54.3. The summed E-state index contributed by atoms with van der Waals surface area (Å²) < 4.78 is 0. The third-order valence-corrected chi connectivity index (χ3v) is 9.23. The van der Waals surface area contributed by atoms with Crippen LogP contribution in [0.3, 0.4) is 0 Å². The van der Waals surface area contributed by atoms with E-state index < -0.39 is 108 Å². The first-order valence-corrected chi connectivity index (χ1v) is 20.4. The molecule has 7 amide bonds. The number of rotatable bonds is 27. The van der Waals surface area contributed by atoms with Gasteiger partial charge in [0.25, 0.3) is 0 Å². The van der Waals surface area contributed by atoms with Gasteiger partial charge in [0.2, 0.25) is 41.4 Å². The van der Waals surface area contributed by atoms with Crippen molar-refractivity contribution in [1.29, 1.82) is 0 Å². The molecule has 0 fully saturated rings. The predicted molar refractivity (Wildman–Crippen MR) is 224 cm³/mol. The molecule has 338 valence electrons. The molecule has 0 heterocycles. The smallest absolute Gasteiger partial charge is 0.326 e. The van der Waals surface area contributed by atoms with Crippen molar-refractivity contribution in [2.45, 2.75) is 136 Å². The summed E-state index contributed by atoms with van der Waals surface area (Å²) >= 11 is 4.00. The van der Waals surface area contributed by atoms with Gasteiger partial charge in [-0.25, -0.2) is 4.79 Å². The van der Waals surface area contributed by atoms with E-state index in [9.17, 15) is 48.6 Å². The number of hydrogen-bond donors (Lipinski definition) is 13. The number of hydrogen-bond acceptors (Lipinski definition) is 12. The van der Waals surface area contributed by atoms with Gasteiger partial charge in [-0.3, -0.25) is 38.6 Å². The van der Waals surface area contributed by atoms with Crippen LogP contribution in [0, 0.1) is 23.7 Å². The van der Waals surface area contributed by atoms with Crippen LogP contribution in [0.2, 0.25) is 0 Å². The highest BCUT2D eigenvalue weighted by molar-refractivity contribution is 7.80. The van der Waals surface area contributed by atoms with Crippen LogP contribution in [0.15, 0.2) is 4.99 Å². The van der Waals surface area contributed by atoms with Crippen LogP contribution in [-0.4, -0.2) is 131 Å². The molecule has 15 N–H and O–H groups in total. The fourth-order valence-corrected chi connectivity index (χ4v) is 5.67. The van der Waals surface area contributed by atoms with Crippen LogP contribution < -0.4 is 54.4 Å². The Kier molecular flexibility index (Phi) is 25.0. The quantitative estimate of drug-likeness (QED) is 0.0172. The van der Waals surface area contributed by atoms with Gasteiger partial charge in [0.15, 0.2) is 5.96 Å². The Morgan fingerprint density at radius 3 is 1.39 bits per heavy atom. The monoisotopic (exact) mass is 859 g/mol. The number of nitrogens with zero attached hydrogens (tertiary/aromatic N) is 1. The molecule has 22 heteroatoms. The van der Waals surface area contributed by atoms with E-state index in [-0.39, 0.29) is 61.7 Å². The van der Waals surface area contributed by atoms with E-state index in [1.54, 1.807) is 41.5 Å². The van der Waals surface area contributed by atoms with Crippen molar-refractivity contribution in [3.63, 3.8) is 0 Å². The van der Waals surface area contributed by atoms with E-state index in [2.05, 4.69) is 54.8 Å². The Morgan fingerprint density at radius 1 is 0.576 bits per heavy atom. The van der Waals surface area contributed by atoms with Crippen LogP contribution in [-0.2, 0) is 38.4 Å². The van der Waals surface area contributed by atoms with E-state index in [0.29, 0.717) is 0 Å². The third-order valence-electron chi connectivity index (χ3n) is 8.83. The van der Waals surface area contributed by atoms with Gasteiger partial charge >= 0.3 is 5.97 Å². The number of thiol groups is 1. The fourth-order valence-electron chi connectivity index (χ4n) is 5.50.